The lowest BCUT2D eigenvalue weighted by molar-refractivity contribution is -0.889. The van der Waals surface area contributed by atoms with E-state index in [0.717, 1.165) is 77.0 Å². The number of carbonyl (C=O) groups excluding carboxylic acids is 3. The molecule has 0 fully saturated rings. The highest BCUT2D eigenvalue weighted by Crippen LogP contribution is 2.15. The third-order valence-electron chi connectivity index (χ3n) is 11.0. The Morgan fingerprint density at radius 2 is 0.831 bits per heavy atom. The average Bonchev–Trinajstić information content (AvgIpc) is 3.27. The molecule has 0 aromatic rings. The van der Waals surface area contributed by atoms with Crippen LogP contribution in [0.1, 0.15) is 194 Å². The number of nitrogens with zero attached hydrogens (tertiary/aromatic N) is 1. The van der Waals surface area contributed by atoms with Gasteiger partial charge in [-0.3, -0.25) is 9.59 Å². The molecule has 0 saturated carbocycles. The lowest BCUT2D eigenvalue weighted by Gasteiger charge is -2.34. The van der Waals surface area contributed by atoms with Crippen molar-refractivity contribution >= 4 is 17.9 Å². The molecule has 0 radical (unpaired) electrons. The van der Waals surface area contributed by atoms with E-state index in [1.165, 1.54) is 77.0 Å². The van der Waals surface area contributed by atoms with Gasteiger partial charge >= 0.3 is 11.9 Å². The van der Waals surface area contributed by atoms with Crippen LogP contribution in [0.5, 0.6) is 0 Å². The standard InChI is InChI=1S/C57H95NO7/c1-6-8-10-12-14-16-18-20-22-24-26-28-30-31-33-35-37-39-41-43-45-47-55(59)64-52-53(51-63-50-49-54(57(61)62)58(3,4)5)65-56(60)48-46-44-42-40-38-36-34-32-29-27-25-23-21-19-17-15-13-11-9-7-2/h8-11,14-17,21,23,27,29,34,36,40,42,53-54H,6-7,12-13,18-20,22,24-26,28,30-33,35,37-39,41,43-52H2,1-5H3/b10-8+,11-9+,16-14+,17-15+,23-21+,29-27+,36-34+,42-40+. The number of rotatable bonds is 45. The predicted molar refractivity (Wildman–Crippen MR) is 272 cm³/mol. The minimum atomic E-state index is -1.14. The van der Waals surface area contributed by atoms with Gasteiger partial charge in [-0.25, -0.2) is 0 Å². The second-order valence-corrected chi connectivity index (χ2v) is 18.0. The van der Waals surface area contributed by atoms with E-state index < -0.39 is 18.1 Å². The van der Waals surface area contributed by atoms with Crippen molar-refractivity contribution in [1.82, 2.24) is 0 Å². The Labute approximate surface area is 398 Å². The number of carbonyl (C=O) groups is 3. The topological polar surface area (TPSA) is 102 Å². The summed E-state index contributed by atoms with van der Waals surface area (Å²) >= 11 is 0. The average molecular weight is 906 g/mol. The van der Waals surface area contributed by atoms with Gasteiger partial charge in [-0.05, 0) is 83.5 Å². The number of unbranched alkanes of at least 4 members (excludes halogenated alkanes) is 15. The molecule has 8 nitrogen and oxygen atoms in total. The molecule has 0 heterocycles. The maximum Gasteiger partial charge on any atom is 0.306 e. The Kier molecular flexibility index (Phi) is 44.1. The Hall–Kier alpha value is -3.75. The lowest BCUT2D eigenvalue weighted by Crippen LogP contribution is -2.55. The van der Waals surface area contributed by atoms with Crippen LogP contribution in [0.15, 0.2) is 97.2 Å². The van der Waals surface area contributed by atoms with Crippen LogP contribution in [0.3, 0.4) is 0 Å². The van der Waals surface area contributed by atoms with Crippen LogP contribution < -0.4 is 5.11 Å². The SMILES string of the molecule is CC/C=C/C/C=C/C/C=C/C/C=C/C/C=C/C/C=C/CCCC(=O)OC(COCCC(C(=O)[O-])[N+](C)(C)C)COC(=O)CCCCCCCCCCCCCCCC/C=C/C/C=C/CC. The summed E-state index contributed by atoms with van der Waals surface area (Å²) in [6.07, 6.45) is 63.1. The number of hydrogen-bond acceptors (Lipinski definition) is 7. The van der Waals surface area contributed by atoms with Crippen molar-refractivity contribution in [3.05, 3.63) is 97.2 Å². The Balaban J connectivity index is 4.33. The van der Waals surface area contributed by atoms with Gasteiger partial charge in [0.15, 0.2) is 6.10 Å². The molecule has 0 saturated heterocycles. The van der Waals surface area contributed by atoms with E-state index >= 15 is 0 Å². The quantitative estimate of drug-likeness (QED) is 0.0259. The zero-order valence-corrected chi connectivity index (χ0v) is 42.1. The molecule has 0 amide bonds. The molecule has 0 rings (SSSR count). The van der Waals surface area contributed by atoms with E-state index in [2.05, 4.69) is 111 Å². The van der Waals surface area contributed by atoms with E-state index in [-0.39, 0.29) is 49.1 Å². The van der Waals surface area contributed by atoms with Crippen molar-refractivity contribution < 1.29 is 38.2 Å². The summed E-state index contributed by atoms with van der Waals surface area (Å²) in [5, 5.41) is 11.7. The lowest BCUT2D eigenvalue weighted by atomic mass is 10.0. The van der Waals surface area contributed by atoms with Crippen molar-refractivity contribution in [3.63, 3.8) is 0 Å². The molecule has 2 atom stereocenters. The van der Waals surface area contributed by atoms with E-state index in [4.69, 9.17) is 14.2 Å². The smallest absolute Gasteiger partial charge is 0.306 e. The van der Waals surface area contributed by atoms with Crippen LogP contribution in [-0.2, 0) is 28.6 Å². The van der Waals surface area contributed by atoms with Gasteiger partial charge in [0, 0.05) is 19.3 Å². The molecular weight excluding hydrogens is 811 g/mol. The molecule has 8 heteroatoms. The summed E-state index contributed by atoms with van der Waals surface area (Å²) in [5.41, 5.74) is 0. The molecule has 2 unspecified atom stereocenters. The van der Waals surface area contributed by atoms with Gasteiger partial charge in [-0.15, -0.1) is 0 Å². The second-order valence-electron chi connectivity index (χ2n) is 18.0. The summed E-state index contributed by atoms with van der Waals surface area (Å²) in [5.74, 6) is -1.82. The third-order valence-corrected chi connectivity index (χ3v) is 11.0. The Morgan fingerprint density at radius 1 is 0.462 bits per heavy atom. The fourth-order valence-electron chi connectivity index (χ4n) is 7.06. The highest BCUT2D eigenvalue weighted by molar-refractivity contribution is 5.70. The highest BCUT2D eigenvalue weighted by atomic mass is 16.6. The number of carboxylic acid groups (broad SMARTS) is 1. The monoisotopic (exact) mass is 906 g/mol. The Bertz CT molecular complexity index is 1380. The largest absolute Gasteiger partial charge is 0.544 e. The molecule has 0 aliphatic carbocycles. The Morgan fingerprint density at radius 3 is 1.25 bits per heavy atom. The van der Waals surface area contributed by atoms with E-state index in [0.29, 0.717) is 12.8 Å². The molecule has 0 spiro atoms. The maximum absolute atomic E-state index is 12.8. The normalized spacial score (nSPS) is 13.7. The van der Waals surface area contributed by atoms with Crippen LogP contribution in [-0.4, -0.2) is 75.5 Å². The molecule has 0 aliphatic heterocycles. The third kappa shape index (κ3) is 45.2. The first-order valence-corrected chi connectivity index (χ1v) is 25.8. The summed E-state index contributed by atoms with van der Waals surface area (Å²) in [7, 11) is 5.39. The number of hydrogen-bond donors (Lipinski definition) is 0. The van der Waals surface area contributed by atoms with Crippen molar-refractivity contribution in [3.8, 4) is 0 Å². The molecular formula is C57H95NO7. The summed E-state index contributed by atoms with van der Waals surface area (Å²) in [4.78, 5) is 37.0. The number of esters is 2. The van der Waals surface area contributed by atoms with Gasteiger partial charge in [-0.2, -0.15) is 0 Å². The zero-order chi connectivity index (χ0) is 47.7. The van der Waals surface area contributed by atoms with Gasteiger partial charge < -0.3 is 28.6 Å². The molecule has 0 aliphatic rings. The van der Waals surface area contributed by atoms with Crippen molar-refractivity contribution in [1.29, 1.82) is 0 Å². The van der Waals surface area contributed by atoms with Gasteiger partial charge in [0.25, 0.3) is 0 Å². The van der Waals surface area contributed by atoms with Gasteiger partial charge in [0.05, 0.1) is 40.3 Å². The molecule has 0 aromatic heterocycles. The van der Waals surface area contributed by atoms with E-state index in [1.54, 1.807) is 21.1 Å². The zero-order valence-electron chi connectivity index (χ0n) is 42.1. The van der Waals surface area contributed by atoms with Crippen molar-refractivity contribution in [2.75, 3.05) is 41.0 Å². The number of ether oxygens (including phenoxy) is 3. The van der Waals surface area contributed by atoms with Crippen LogP contribution in [0.25, 0.3) is 0 Å². The summed E-state index contributed by atoms with van der Waals surface area (Å²) in [6.45, 7) is 4.39. The van der Waals surface area contributed by atoms with E-state index in [1.807, 2.05) is 0 Å². The maximum atomic E-state index is 12.8. The molecule has 0 aromatic carbocycles. The van der Waals surface area contributed by atoms with Gasteiger partial charge in [-0.1, -0.05) is 188 Å². The number of allylic oxidation sites excluding steroid dienone is 16. The van der Waals surface area contributed by atoms with Gasteiger partial charge in [0.2, 0.25) is 0 Å². The fourth-order valence-corrected chi connectivity index (χ4v) is 7.06. The number of carboxylic acids is 1. The number of likely N-dealkylation sites (N-methyl/N-ethyl adjacent to an activating group) is 1. The van der Waals surface area contributed by atoms with Crippen LogP contribution >= 0.6 is 0 Å². The predicted octanol–water partition coefficient (Wildman–Crippen LogP) is 13.7. The fraction of sp³-hybridized carbons (Fsp3) is 0.667. The van der Waals surface area contributed by atoms with Crippen molar-refractivity contribution in [2.45, 2.75) is 206 Å². The van der Waals surface area contributed by atoms with Gasteiger partial charge in [0.1, 0.15) is 12.6 Å². The molecule has 370 valence electrons. The van der Waals surface area contributed by atoms with Crippen molar-refractivity contribution in [2.24, 2.45) is 0 Å². The number of aliphatic carboxylic acids is 1. The highest BCUT2D eigenvalue weighted by Gasteiger charge is 2.25. The summed E-state index contributed by atoms with van der Waals surface area (Å²) < 4.78 is 17.2. The number of quaternary nitrogens is 1. The molecule has 0 bridgehead atoms. The molecule has 65 heavy (non-hydrogen) atoms. The van der Waals surface area contributed by atoms with Crippen LogP contribution in [0.2, 0.25) is 0 Å². The van der Waals surface area contributed by atoms with Crippen LogP contribution in [0.4, 0.5) is 0 Å². The first-order valence-electron chi connectivity index (χ1n) is 25.8. The first-order chi connectivity index (χ1) is 31.6. The van der Waals surface area contributed by atoms with Crippen LogP contribution in [0, 0.1) is 0 Å². The molecule has 0 N–H and O–H groups in total. The summed E-state index contributed by atoms with van der Waals surface area (Å²) in [6, 6.07) is -0.742. The first kappa shape index (κ1) is 61.2. The minimum absolute atomic E-state index is 0.0128. The second kappa shape index (κ2) is 46.8. The minimum Gasteiger partial charge on any atom is -0.544 e. The van der Waals surface area contributed by atoms with E-state index in [9.17, 15) is 19.5 Å².